The minimum absolute atomic E-state index is 0.0424. The first-order valence-electron chi connectivity index (χ1n) is 5.68. The lowest BCUT2D eigenvalue weighted by Crippen LogP contribution is -2.24. The van der Waals surface area contributed by atoms with Crippen LogP contribution in [0.25, 0.3) is 0 Å². The minimum atomic E-state index is -1.22. The molecule has 2 heterocycles. The van der Waals surface area contributed by atoms with Gasteiger partial charge in [-0.1, -0.05) is 0 Å². The molecule has 10 heteroatoms. The van der Waals surface area contributed by atoms with Gasteiger partial charge in [0.25, 0.3) is 11.8 Å². The number of carboxylic acid groups (broad SMARTS) is 1. The highest BCUT2D eigenvalue weighted by Crippen LogP contribution is 2.31. The van der Waals surface area contributed by atoms with Crippen molar-refractivity contribution >= 4 is 40.5 Å². The molecule has 9 nitrogen and oxygen atoms in total. The smallest absolute Gasteiger partial charge is 0.329 e. The number of amides is 2. The van der Waals surface area contributed by atoms with Crippen LogP contribution in [0.1, 0.15) is 10.5 Å². The fourth-order valence-electron chi connectivity index (χ4n) is 1.52. The van der Waals surface area contributed by atoms with Gasteiger partial charge in [-0.25, -0.2) is 14.8 Å². The number of aliphatic carboxylic acids is 1. The quantitative estimate of drug-likeness (QED) is 0.671. The molecule has 1 aliphatic rings. The fourth-order valence-corrected chi connectivity index (χ4v) is 2.45. The monoisotopic (exact) mass is 309 g/mol. The van der Waals surface area contributed by atoms with Crippen LogP contribution in [0.3, 0.4) is 0 Å². The second-order valence-corrected chi connectivity index (χ2v) is 4.90. The molecule has 0 aliphatic carbocycles. The highest BCUT2D eigenvalue weighted by atomic mass is 32.2. The van der Waals surface area contributed by atoms with E-state index in [-0.39, 0.29) is 21.6 Å². The molecule has 0 atom stereocenters. The minimum Gasteiger partial charge on any atom is -0.478 e. The van der Waals surface area contributed by atoms with Crippen LogP contribution in [0.15, 0.2) is 22.3 Å². The normalized spacial score (nSPS) is 18.6. The van der Waals surface area contributed by atoms with Crippen LogP contribution in [0.2, 0.25) is 0 Å². The molecule has 0 spiro atoms. The Morgan fingerprint density at radius 2 is 2.29 bits per heavy atom. The predicted octanol–water partition coefficient (Wildman–Crippen LogP) is -0.0695. The third-order valence-electron chi connectivity index (χ3n) is 2.53. The van der Waals surface area contributed by atoms with Crippen LogP contribution in [-0.4, -0.2) is 57.0 Å². The first kappa shape index (κ1) is 14.8. The Balaban J connectivity index is 2.35. The van der Waals surface area contributed by atoms with Crippen LogP contribution in [0, 0.1) is 0 Å². The number of amidine groups is 1. The number of nitrogens with one attached hydrogen (secondary N) is 2. The standard InChI is InChI=1S/C11H11N5O4S/c1-12-9(19)7-8(14-4-13-7)15-11-16(2)10(20)5(21-11)3-6(17)18/h3-4H,1-2H3,(H,12,19)(H,13,14)(H,17,18). The lowest BCUT2D eigenvalue weighted by Gasteiger charge is -2.06. The van der Waals surface area contributed by atoms with Crippen LogP contribution in [0.5, 0.6) is 0 Å². The maximum Gasteiger partial charge on any atom is 0.329 e. The molecule has 21 heavy (non-hydrogen) atoms. The first-order chi connectivity index (χ1) is 9.93. The molecule has 1 aliphatic heterocycles. The van der Waals surface area contributed by atoms with E-state index in [1.165, 1.54) is 25.3 Å². The van der Waals surface area contributed by atoms with Gasteiger partial charge < -0.3 is 15.4 Å². The number of rotatable bonds is 3. The summed E-state index contributed by atoms with van der Waals surface area (Å²) in [7, 11) is 2.93. The highest BCUT2D eigenvalue weighted by molar-refractivity contribution is 8.18. The molecule has 0 unspecified atom stereocenters. The Hall–Kier alpha value is -2.62. The molecule has 1 saturated heterocycles. The molecule has 2 amide bonds. The van der Waals surface area contributed by atoms with E-state index in [4.69, 9.17) is 5.11 Å². The molecule has 0 aromatic carbocycles. The molecule has 1 fully saturated rings. The average molecular weight is 309 g/mol. The fraction of sp³-hybridized carbons (Fsp3) is 0.182. The Bertz CT molecular complexity index is 678. The average Bonchev–Trinajstić information content (AvgIpc) is 2.99. The number of likely N-dealkylation sites (N-methyl/N-ethyl adjacent to an activating group) is 1. The summed E-state index contributed by atoms with van der Waals surface area (Å²) < 4.78 is 0. The van der Waals surface area contributed by atoms with Crippen LogP contribution >= 0.6 is 11.8 Å². The summed E-state index contributed by atoms with van der Waals surface area (Å²) in [6.07, 6.45) is 2.12. The van der Waals surface area contributed by atoms with Crippen molar-refractivity contribution in [1.82, 2.24) is 20.2 Å². The predicted molar refractivity (Wildman–Crippen MR) is 75.2 cm³/mol. The zero-order valence-corrected chi connectivity index (χ0v) is 11.9. The summed E-state index contributed by atoms with van der Waals surface area (Å²) >= 11 is 0.903. The number of nitrogens with zero attached hydrogens (tertiary/aromatic N) is 3. The number of aromatic amines is 1. The van der Waals surface area contributed by atoms with Gasteiger partial charge >= 0.3 is 5.97 Å². The van der Waals surface area contributed by atoms with Gasteiger partial charge in [-0.2, -0.15) is 0 Å². The number of carbonyl (C=O) groups excluding carboxylic acids is 2. The lowest BCUT2D eigenvalue weighted by atomic mass is 10.4. The van der Waals surface area contributed by atoms with Gasteiger partial charge in [0.15, 0.2) is 16.7 Å². The number of carboxylic acids is 1. The number of hydrogen-bond donors (Lipinski definition) is 3. The number of H-pyrrole nitrogens is 1. The number of aliphatic imine (C=N–C) groups is 1. The molecule has 2 rings (SSSR count). The number of aromatic nitrogens is 2. The molecule has 110 valence electrons. The molecular formula is C11H11N5O4S. The van der Waals surface area contributed by atoms with Crippen molar-refractivity contribution in [3.8, 4) is 0 Å². The second-order valence-electron chi connectivity index (χ2n) is 3.89. The molecule has 3 N–H and O–H groups in total. The Kier molecular flexibility index (Phi) is 4.08. The Morgan fingerprint density at radius 1 is 1.57 bits per heavy atom. The number of carbonyl (C=O) groups is 3. The topological polar surface area (TPSA) is 128 Å². The maximum atomic E-state index is 11.8. The van der Waals surface area contributed by atoms with Crippen molar-refractivity contribution in [1.29, 1.82) is 0 Å². The van der Waals surface area contributed by atoms with E-state index in [1.807, 2.05) is 0 Å². The first-order valence-corrected chi connectivity index (χ1v) is 6.50. The molecule has 0 saturated carbocycles. The molecule has 0 bridgehead atoms. The van der Waals surface area contributed by atoms with Gasteiger partial charge in [-0.05, 0) is 11.8 Å². The summed E-state index contributed by atoms with van der Waals surface area (Å²) in [5, 5.41) is 11.4. The van der Waals surface area contributed by atoms with Crippen LogP contribution in [-0.2, 0) is 9.59 Å². The maximum absolute atomic E-state index is 11.8. The van der Waals surface area contributed by atoms with Crippen molar-refractivity contribution in [3.05, 3.63) is 23.0 Å². The van der Waals surface area contributed by atoms with Gasteiger partial charge in [0.1, 0.15) is 0 Å². The zero-order valence-electron chi connectivity index (χ0n) is 11.1. The largest absolute Gasteiger partial charge is 0.478 e. The summed E-state index contributed by atoms with van der Waals surface area (Å²) in [4.78, 5) is 46.0. The number of hydrogen-bond acceptors (Lipinski definition) is 6. The van der Waals surface area contributed by atoms with Crippen molar-refractivity contribution in [2.45, 2.75) is 0 Å². The summed E-state index contributed by atoms with van der Waals surface area (Å²) in [6, 6.07) is 0. The SMILES string of the molecule is CNC(=O)c1[nH]cnc1N=C1SC(=CC(=O)O)C(=O)N1C. The second kappa shape index (κ2) is 5.79. The molecule has 0 radical (unpaired) electrons. The van der Waals surface area contributed by atoms with Crippen LogP contribution in [0.4, 0.5) is 5.82 Å². The third-order valence-corrected chi connectivity index (χ3v) is 3.59. The number of imidazole rings is 1. The van der Waals surface area contributed by atoms with Gasteiger partial charge in [0.05, 0.1) is 11.2 Å². The van der Waals surface area contributed by atoms with E-state index < -0.39 is 17.8 Å². The van der Waals surface area contributed by atoms with E-state index in [1.54, 1.807) is 0 Å². The highest BCUT2D eigenvalue weighted by Gasteiger charge is 2.31. The summed E-state index contributed by atoms with van der Waals surface area (Å²) in [6.45, 7) is 0. The van der Waals surface area contributed by atoms with Crippen molar-refractivity contribution in [3.63, 3.8) is 0 Å². The van der Waals surface area contributed by atoms with E-state index in [0.29, 0.717) is 0 Å². The van der Waals surface area contributed by atoms with Gasteiger partial charge in [-0.15, -0.1) is 0 Å². The molecule has 1 aromatic heterocycles. The molecular weight excluding hydrogens is 298 g/mol. The van der Waals surface area contributed by atoms with Gasteiger partial charge in [-0.3, -0.25) is 14.5 Å². The van der Waals surface area contributed by atoms with E-state index >= 15 is 0 Å². The number of thioether (sulfide) groups is 1. The van der Waals surface area contributed by atoms with Crippen molar-refractivity contribution < 1.29 is 19.5 Å². The summed E-state index contributed by atoms with van der Waals surface area (Å²) in [5.74, 6) is -1.97. The van der Waals surface area contributed by atoms with E-state index in [9.17, 15) is 14.4 Å². The Morgan fingerprint density at radius 3 is 2.90 bits per heavy atom. The van der Waals surface area contributed by atoms with Gasteiger partial charge in [0, 0.05) is 20.2 Å². The van der Waals surface area contributed by atoms with E-state index in [2.05, 4.69) is 20.3 Å². The summed E-state index contributed by atoms with van der Waals surface area (Å²) in [5.41, 5.74) is 0.155. The van der Waals surface area contributed by atoms with E-state index in [0.717, 1.165) is 17.8 Å². The molecule has 1 aromatic rings. The lowest BCUT2D eigenvalue weighted by molar-refractivity contribution is -0.132. The van der Waals surface area contributed by atoms with Crippen molar-refractivity contribution in [2.75, 3.05) is 14.1 Å². The zero-order chi connectivity index (χ0) is 15.6. The third kappa shape index (κ3) is 2.94. The van der Waals surface area contributed by atoms with Gasteiger partial charge in [0.2, 0.25) is 0 Å². The van der Waals surface area contributed by atoms with Crippen LogP contribution < -0.4 is 5.32 Å². The van der Waals surface area contributed by atoms with Crippen molar-refractivity contribution in [2.24, 2.45) is 4.99 Å². The Labute approximate surface area is 123 Å².